The van der Waals surface area contributed by atoms with Gasteiger partial charge in [-0.2, -0.15) is 0 Å². The zero-order valence-corrected chi connectivity index (χ0v) is 9.56. The Bertz CT molecular complexity index is 336. The number of hydrogen-bond donors (Lipinski definition) is 0. The molecule has 16 heavy (non-hydrogen) atoms. The van der Waals surface area contributed by atoms with Crippen LogP contribution < -0.4 is 0 Å². The van der Waals surface area contributed by atoms with Crippen molar-refractivity contribution in [1.82, 2.24) is 0 Å². The van der Waals surface area contributed by atoms with Crippen molar-refractivity contribution in [2.45, 2.75) is 33.3 Å². The molecule has 0 radical (unpaired) electrons. The van der Waals surface area contributed by atoms with Gasteiger partial charge >= 0.3 is 11.7 Å². The third kappa shape index (κ3) is 2.15. The molecule has 1 aliphatic rings. The van der Waals surface area contributed by atoms with Gasteiger partial charge in [0.2, 0.25) is 0 Å². The predicted octanol–water partition coefficient (Wildman–Crippen LogP) is 0.430. The molecule has 0 unspecified atom stereocenters. The largest absolute Gasteiger partial charge is 0.458 e. The van der Waals surface area contributed by atoms with Crippen molar-refractivity contribution < 1.29 is 24.1 Å². The van der Waals surface area contributed by atoms with E-state index in [1.54, 1.807) is 20.8 Å². The van der Waals surface area contributed by atoms with Crippen LogP contribution in [0.5, 0.6) is 0 Å². The molecule has 0 spiro atoms. The summed E-state index contributed by atoms with van der Waals surface area (Å²) in [6.45, 7) is 5.09. The molecule has 0 saturated heterocycles. The van der Waals surface area contributed by atoms with Crippen LogP contribution in [-0.2, 0) is 19.2 Å². The van der Waals surface area contributed by atoms with Gasteiger partial charge in [0, 0.05) is 11.3 Å². The summed E-state index contributed by atoms with van der Waals surface area (Å²) in [5.74, 6) is -1.49. The van der Waals surface area contributed by atoms with Crippen molar-refractivity contribution in [3.63, 3.8) is 0 Å². The van der Waals surface area contributed by atoms with Crippen LogP contribution in [-0.4, -0.2) is 35.1 Å². The van der Waals surface area contributed by atoms with Crippen LogP contribution in [0.25, 0.3) is 0 Å². The average molecular weight is 229 g/mol. The van der Waals surface area contributed by atoms with Crippen LogP contribution in [0.3, 0.4) is 0 Å². The Morgan fingerprint density at radius 1 is 1.50 bits per heavy atom. The summed E-state index contributed by atoms with van der Waals surface area (Å²) < 4.78 is 4.72. The van der Waals surface area contributed by atoms with E-state index >= 15 is 0 Å². The Labute approximate surface area is 93.4 Å². The standard InChI is InChI=1S/C10H15NO5/c1-4-7(12)9-6(3)8(11(14)16-9)10(13)15-5-2/h6,9H,4-5H2,1-3H3/t6-,9-/m1/s1. The van der Waals surface area contributed by atoms with Gasteiger partial charge in [-0.05, 0) is 6.92 Å². The van der Waals surface area contributed by atoms with E-state index in [0.717, 1.165) is 0 Å². The lowest BCUT2D eigenvalue weighted by atomic mass is 9.95. The third-order valence-corrected chi connectivity index (χ3v) is 2.44. The summed E-state index contributed by atoms with van der Waals surface area (Å²) in [5, 5.41) is 11.3. The number of esters is 1. The number of ether oxygens (including phenoxy) is 1. The minimum absolute atomic E-state index is 0.0981. The topological polar surface area (TPSA) is 78.7 Å². The number of nitrogens with zero attached hydrogens (tertiary/aromatic N) is 1. The number of Topliss-reactive ketones (excluding diaryl/α,β-unsaturated/α-hetero) is 1. The summed E-state index contributed by atoms with van der Waals surface area (Å²) >= 11 is 0. The van der Waals surface area contributed by atoms with E-state index in [-0.39, 0.29) is 29.4 Å². The van der Waals surface area contributed by atoms with Gasteiger partial charge in [0.25, 0.3) is 0 Å². The first-order valence-corrected chi connectivity index (χ1v) is 5.23. The van der Waals surface area contributed by atoms with Crippen molar-refractivity contribution in [1.29, 1.82) is 0 Å². The van der Waals surface area contributed by atoms with Gasteiger partial charge in [0.15, 0.2) is 5.78 Å². The van der Waals surface area contributed by atoms with E-state index < -0.39 is 18.0 Å². The first kappa shape index (κ1) is 12.5. The van der Waals surface area contributed by atoms with Gasteiger partial charge in [0.1, 0.15) is 6.10 Å². The molecule has 0 N–H and O–H groups in total. The molecular weight excluding hydrogens is 214 g/mol. The lowest BCUT2D eigenvalue weighted by molar-refractivity contribution is -0.736. The zero-order chi connectivity index (χ0) is 12.3. The van der Waals surface area contributed by atoms with Crippen LogP contribution in [0.15, 0.2) is 0 Å². The molecule has 1 rings (SSSR count). The Hall–Kier alpha value is -1.59. The average Bonchev–Trinajstić information content (AvgIpc) is 2.53. The Morgan fingerprint density at radius 2 is 2.12 bits per heavy atom. The second-order valence-electron chi connectivity index (χ2n) is 3.50. The molecule has 0 amide bonds. The molecule has 0 aromatic heterocycles. The molecule has 6 heteroatoms. The molecule has 0 aromatic carbocycles. The summed E-state index contributed by atoms with van der Waals surface area (Å²) in [7, 11) is 0. The fraction of sp³-hybridized carbons (Fsp3) is 0.700. The van der Waals surface area contributed by atoms with Crippen LogP contribution in [0.4, 0.5) is 0 Å². The molecule has 6 nitrogen and oxygen atoms in total. The highest BCUT2D eigenvalue weighted by Gasteiger charge is 2.45. The van der Waals surface area contributed by atoms with Crippen LogP contribution >= 0.6 is 0 Å². The van der Waals surface area contributed by atoms with Gasteiger partial charge in [0.05, 0.1) is 12.5 Å². The first-order chi connectivity index (χ1) is 7.52. The second kappa shape index (κ2) is 4.96. The summed E-state index contributed by atoms with van der Waals surface area (Å²) in [6, 6.07) is 0. The Balaban J connectivity index is 2.83. The zero-order valence-electron chi connectivity index (χ0n) is 9.56. The van der Waals surface area contributed by atoms with Gasteiger partial charge in [-0.25, -0.2) is 4.79 Å². The Morgan fingerprint density at radius 3 is 2.62 bits per heavy atom. The maximum Gasteiger partial charge on any atom is 0.405 e. The summed E-state index contributed by atoms with van der Waals surface area (Å²) in [6.07, 6.45) is -0.610. The van der Waals surface area contributed by atoms with Crippen LogP contribution in [0.1, 0.15) is 27.2 Å². The molecule has 1 aliphatic heterocycles. The minimum atomic E-state index is -0.873. The molecule has 0 fully saturated rings. The number of hydrogen-bond acceptors (Lipinski definition) is 5. The maximum atomic E-state index is 11.4. The van der Waals surface area contributed by atoms with Crippen molar-refractivity contribution >= 4 is 17.5 Å². The Kier molecular flexibility index (Phi) is 3.87. The van der Waals surface area contributed by atoms with Gasteiger partial charge in [-0.1, -0.05) is 13.8 Å². The first-order valence-electron chi connectivity index (χ1n) is 5.23. The maximum absolute atomic E-state index is 11.4. The highest BCUT2D eigenvalue weighted by Crippen LogP contribution is 2.20. The van der Waals surface area contributed by atoms with Gasteiger partial charge in [-0.15, -0.1) is 0 Å². The fourth-order valence-corrected chi connectivity index (χ4v) is 1.57. The van der Waals surface area contributed by atoms with Gasteiger partial charge < -0.3 is 9.57 Å². The normalized spacial score (nSPS) is 24.2. The fourth-order valence-electron chi connectivity index (χ4n) is 1.57. The second-order valence-corrected chi connectivity index (χ2v) is 3.50. The summed E-state index contributed by atoms with van der Waals surface area (Å²) in [5.41, 5.74) is -0.145. The highest BCUT2D eigenvalue weighted by atomic mass is 16.9. The summed E-state index contributed by atoms with van der Waals surface area (Å²) in [4.78, 5) is 27.8. The monoisotopic (exact) mass is 229 g/mol. The smallest absolute Gasteiger partial charge is 0.405 e. The highest BCUT2D eigenvalue weighted by molar-refractivity contribution is 6.35. The SMILES string of the molecule is CCOC(=O)C1=[N+]([O-])O[C@@H](C(=O)CC)[C@@H]1C. The number of ketones is 1. The van der Waals surface area contributed by atoms with E-state index in [4.69, 9.17) is 9.57 Å². The molecule has 2 atom stereocenters. The lowest BCUT2D eigenvalue weighted by Crippen LogP contribution is -2.32. The molecule has 0 saturated carbocycles. The number of carbonyl (C=O) groups is 2. The molecule has 1 heterocycles. The van der Waals surface area contributed by atoms with E-state index in [2.05, 4.69) is 0 Å². The van der Waals surface area contributed by atoms with Crippen LogP contribution in [0, 0.1) is 11.1 Å². The van der Waals surface area contributed by atoms with Crippen molar-refractivity contribution in [3.8, 4) is 0 Å². The number of carbonyl (C=O) groups excluding carboxylic acids is 2. The van der Waals surface area contributed by atoms with Crippen molar-refractivity contribution in [3.05, 3.63) is 5.21 Å². The quantitative estimate of drug-likeness (QED) is 0.516. The van der Waals surface area contributed by atoms with Crippen molar-refractivity contribution in [2.24, 2.45) is 5.92 Å². The van der Waals surface area contributed by atoms with E-state index in [1.165, 1.54) is 0 Å². The molecular formula is C10H15NO5. The molecule has 0 bridgehead atoms. The molecule has 0 aromatic rings. The minimum Gasteiger partial charge on any atom is -0.458 e. The third-order valence-electron chi connectivity index (χ3n) is 2.44. The molecule has 90 valence electrons. The van der Waals surface area contributed by atoms with E-state index in [1.807, 2.05) is 0 Å². The van der Waals surface area contributed by atoms with E-state index in [9.17, 15) is 14.8 Å². The predicted molar refractivity (Wildman–Crippen MR) is 54.6 cm³/mol. The van der Waals surface area contributed by atoms with Gasteiger partial charge in [-0.3, -0.25) is 10.0 Å². The van der Waals surface area contributed by atoms with Crippen molar-refractivity contribution in [2.75, 3.05) is 6.61 Å². The van der Waals surface area contributed by atoms with E-state index in [0.29, 0.717) is 0 Å². The number of rotatable bonds is 4. The van der Waals surface area contributed by atoms with Crippen LogP contribution in [0.2, 0.25) is 0 Å². The molecule has 0 aliphatic carbocycles. The lowest BCUT2D eigenvalue weighted by Gasteiger charge is -2.12.